The first-order valence-corrected chi connectivity index (χ1v) is 9.28. The second-order valence-electron chi connectivity index (χ2n) is 6.54. The quantitative estimate of drug-likeness (QED) is 0.778. The third-order valence-corrected chi connectivity index (χ3v) is 4.92. The zero-order chi connectivity index (χ0) is 19.2. The maximum Gasteiger partial charge on any atom is 0.268 e. The summed E-state index contributed by atoms with van der Waals surface area (Å²) in [4.78, 5) is 26.6. The lowest BCUT2D eigenvalue weighted by atomic mass is 10.1. The van der Waals surface area contributed by atoms with E-state index in [4.69, 9.17) is 16.3 Å². The van der Waals surface area contributed by atoms with Crippen molar-refractivity contribution >= 4 is 23.2 Å². The lowest BCUT2D eigenvalue weighted by Crippen LogP contribution is -2.33. The number of anilines is 1. The molecule has 1 aliphatic heterocycles. The van der Waals surface area contributed by atoms with Crippen molar-refractivity contribution in [3.63, 3.8) is 0 Å². The van der Waals surface area contributed by atoms with Gasteiger partial charge in [0.1, 0.15) is 0 Å². The number of nitrogens with zero attached hydrogens (tertiary/aromatic N) is 3. The van der Waals surface area contributed by atoms with Crippen LogP contribution >= 0.6 is 11.6 Å². The highest BCUT2D eigenvalue weighted by molar-refractivity contribution is 6.30. The Balaban J connectivity index is 1.54. The van der Waals surface area contributed by atoms with E-state index in [1.807, 2.05) is 29.2 Å². The number of halogens is 1. The van der Waals surface area contributed by atoms with Gasteiger partial charge in [0.2, 0.25) is 5.91 Å². The fourth-order valence-corrected chi connectivity index (χ4v) is 3.21. The summed E-state index contributed by atoms with van der Waals surface area (Å²) in [6, 6.07) is 8.97. The molecule has 0 radical (unpaired) electrons. The molecule has 1 N–H and O–H groups in total. The predicted molar refractivity (Wildman–Crippen MR) is 104 cm³/mol. The molecule has 2 aromatic rings. The molecule has 1 aliphatic rings. The zero-order valence-electron chi connectivity index (χ0n) is 15.2. The summed E-state index contributed by atoms with van der Waals surface area (Å²) in [5.74, 6) is -0.0814. The Hall–Kier alpha value is -2.38. The molecule has 1 aromatic heterocycles. The van der Waals surface area contributed by atoms with E-state index in [1.165, 1.54) is 4.68 Å². The van der Waals surface area contributed by atoms with Crippen molar-refractivity contribution in [1.82, 2.24) is 15.1 Å². The molecule has 1 saturated heterocycles. The molecule has 0 spiro atoms. The summed E-state index contributed by atoms with van der Waals surface area (Å²) in [6.07, 6.45) is 2.42. The molecule has 1 amide bonds. The molecule has 0 bridgehead atoms. The first-order chi connectivity index (χ1) is 13.1. The number of benzene rings is 1. The minimum Gasteiger partial charge on any atom is -0.383 e. The van der Waals surface area contributed by atoms with Gasteiger partial charge in [0.15, 0.2) is 0 Å². The monoisotopic (exact) mass is 390 g/mol. The van der Waals surface area contributed by atoms with Gasteiger partial charge in [0.25, 0.3) is 5.56 Å². The largest absolute Gasteiger partial charge is 0.383 e. The third-order valence-electron chi connectivity index (χ3n) is 4.67. The van der Waals surface area contributed by atoms with Gasteiger partial charge < -0.3 is 15.0 Å². The summed E-state index contributed by atoms with van der Waals surface area (Å²) in [6.45, 7) is 2.64. The molecule has 7 nitrogen and oxygen atoms in total. The number of methoxy groups -OCH3 is 1. The van der Waals surface area contributed by atoms with E-state index >= 15 is 0 Å². The molecule has 1 fully saturated rings. The summed E-state index contributed by atoms with van der Waals surface area (Å²) in [5, 5.41) is 7.83. The van der Waals surface area contributed by atoms with Crippen LogP contribution in [0.5, 0.6) is 0 Å². The number of hydrogen-bond acceptors (Lipinski definition) is 5. The van der Waals surface area contributed by atoms with E-state index < -0.39 is 0 Å². The molecule has 1 unspecified atom stereocenters. The Morgan fingerprint density at radius 2 is 2.15 bits per heavy atom. The molecule has 2 heterocycles. The van der Waals surface area contributed by atoms with Crippen molar-refractivity contribution < 1.29 is 9.53 Å². The Bertz CT molecular complexity index is 838. The number of aromatic nitrogens is 2. The fourth-order valence-electron chi connectivity index (χ4n) is 3.09. The number of amides is 1. The zero-order valence-corrected chi connectivity index (χ0v) is 16.0. The normalized spacial score (nSPS) is 16.5. The summed E-state index contributed by atoms with van der Waals surface area (Å²) >= 11 is 5.87. The van der Waals surface area contributed by atoms with Crippen LogP contribution in [0.4, 0.5) is 5.69 Å². The van der Waals surface area contributed by atoms with Crippen molar-refractivity contribution in [1.29, 1.82) is 0 Å². The maximum absolute atomic E-state index is 12.4. The van der Waals surface area contributed by atoms with Gasteiger partial charge in [-0.15, -0.1) is 0 Å². The fraction of sp³-hybridized carbons (Fsp3) is 0.421. The van der Waals surface area contributed by atoms with Crippen LogP contribution in [0.2, 0.25) is 5.02 Å². The van der Waals surface area contributed by atoms with Crippen LogP contribution in [0.3, 0.4) is 0 Å². The Kier molecular flexibility index (Phi) is 6.47. The highest BCUT2D eigenvalue weighted by atomic mass is 35.5. The molecular weight excluding hydrogens is 368 g/mol. The van der Waals surface area contributed by atoms with Gasteiger partial charge in [-0.05, 0) is 24.1 Å². The Labute approximate surface area is 162 Å². The SMILES string of the molecule is COCCn1ncc(N2CCC(C(=O)NCc3ccc(Cl)cc3)C2)cc1=O. The van der Waals surface area contributed by atoms with Gasteiger partial charge in [-0.1, -0.05) is 23.7 Å². The average Bonchev–Trinajstić information content (AvgIpc) is 3.16. The molecule has 1 atom stereocenters. The minimum absolute atomic E-state index is 0.0221. The third kappa shape index (κ3) is 5.08. The molecule has 0 aliphatic carbocycles. The van der Waals surface area contributed by atoms with Crippen LogP contribution in [0.15, 0.2) is 41.3 Å². The maximum atomic E-state index is 12.4. The Morgan fingerprint density at radius 3 is 2.85 bits per heavy atom. The average molecular weight is 391 g/mol. The van der Waals surface area contributed by atoms with Crippen LogP contribution < -0.4 is 15.8 Å². The molecule has 27 heavy (non-hydrogen) atoms. The topological polar surface area (TPSA) is 76.5 Å². The van der Waals surface area contributed by atoms with E-state index in [0.717, 1.165) is 24.2 Å². The van der Waals surface area contributed by atoms with Gasteiger partial charge in [-0.25, -0.2) is 4.68 Å². The van der Waals surface area contributed by atoms with Crippen molar-refractivity contribution in [3.8, 4) is 0 Å². The van der Waals surface area contributed by atoms with Crippen LogP contribution in [-0.2, 0) is 22.6 Å². The first kappa shape index (κ1) is 19.4. The van der Waals surface area contributed by atoms with E-state index in [2.05, 4.69) is 10.4 Å². The molecular formula is C19H23ClN4O3. The molecule has 1 aromatic carbocycles. The van der Waals surface area contributed by atoms with Crippen molar-refractivity contribution in [3.05, 3.63) is 57.5 Å². The van der Waals surface area contributed by atoms with Crippen LogP contribution in [0.1, 0.15) is 12.0 Å². The van der Waals surface area contributed by atoms with Gasteiger partial charge in [0, 0.05) is 37.8 Å². The first-order valence-electron chi connectivity index (χ1n) is 8.90. The lowest BCUT2D eigenvalue weighted by molar-refractivity contribution is -0.124. The molecule has 144 valence electrons. The number of carbonyl (C=O) groups excluding carboxylic acids is 1. The van der Waals surface area contributed by atoms with Crippen molar-refractivity contribution in [2.75, 3.05) is 31.7 Å². The predicted octanol–water partition coefficient (Wildman–Crippen LogP) is 1.69. The molecule has 3 rings (SSSR count). The van der Waals surface area contributed by atoms with Gasteiger partial charge in [-0.2, -0.15) is 5.10 Å². The molecule has 0 saturated carbocycles. The standard InChI is InChI=1S/C19H23ClN4O3/c1-27-9-8-24-18(25)10-17(12-22-24)23-7-6-15(13-23)19(26)21-11-14-2-4-16(20)5-3-14/h2-5,10,12,15H,6-9,11,13H2,1H3,(H,21,26). The number of carbonyl (C=O) groups is 1. The second kappa shape index (κ2) is 9.01. The van der Waals surface area contributed by atoms with Gasteiger partial charge in [-0.3, -0.25) is 9.59 Å². The highest BCUT2D eigenvalue weighted by Gasteiger charge is 2.28. The van der Waals surface area contributed by atoms with E-state index in [9.17, 15) is 9.59 Å². The number of rotatable bonds is 7. The van der Waals surface area contributed by atoms with Crippen LogP contribution in [-0.4, -0.2) is 42.5 Å². The van der Waals surface area contributed by atoms with E-state index in [0.29, 0.717) is 31.3 Å². The molecule has 8 heteroatoms. The van der Waals surface area contributed by atoms with Crippen LogP contribution in [0, 0.1) is 5.92 Å². The number of nitrogens with one attached hydrogen (secondary N) is 1. The number of ether oxygens (including phenoxy) is 1. The van der Waals surface area contributed by atoms with Gasteiger partial charge >= 0.3 is 0 Å². The lowest BCUT2D eigenvalue weighted by Gasteiger charge is -2.18. The summed E-state index contributed by atoms with van der Waals surface area (Å²) in [7, 11) is 1.59. The van der Waals surface area contributed by atoms with E-state index in [-0.39, 0.29) is 17.4 Å². The summed E-state index contributed by atoms with van der Waals surface area (Å²) < 4.78 is 6.35. The number of hydrogen-bond donors (Lipinski definition) is 1. The van der Waals surface area contributed by atoms with E-state index in [1.54, 1.807) is 19.4 Å². The summed E-state index contributed by atoms with van der Waals surface area (Å²) in [5.41, 5.74) is 1.59. The minimum atomic E-state index is -0.166. The van der Waals surface area contributed by atoms with Crippen molar-refractivity contribution in [2.45, 2.75) is 19.5 Å². The Morgan fingerprint density at radius 1 is 1.37 bits per heavy atom. The van der Waals surface area contributed by atoms with Crippen LogP contribution in [0.25, 0.3) is 0 Å². The van der Waals surface area contributed by atoms with Gasteiger partial charge in [0.05, 0.1) is 31.0 Å². The smallest absolute Gasteiger partial charge is 0.268 e. The second-order valence-corrected chi connectivity index (χ2v) is 6.98. The van der Waals surface area contributed by atoms with Crippen molar-refractivity contribution in [2.24, 2.45) is 5.92 Å². The highest BCUT2D eigenvalue weighted by Crippen LogP contribution is 2.22.